The van der Waals surface area contributed by atoms with Crippen LogP contribution in [-0.4, -0.2) is 14.6 Å². The van der Waals surface area contributed by atoms with E-state index in [1.807, 2.05) is 18.2 Å². The molecule has 0 unspecified atom stereocenters. The number of allylic oxidation sites excluding steroid dienone is 12. The number of fused-ring (bicyclic) bond motifs is 3. The lowest BCUT2D eigenvalue weighted by Crippen LogP contribution is -2.34. The summed E-state index contributed by atoms with van der Waals surface area (Å²) in [5, 5.41) is 0. The van der Waals surface area contributed by atoms with Crippen molar-refractivity contribution >= 4 is 36.6 Å². The van der Waals surface area contributed by atoms with Crippen molar-refractivity contribution in [3.63, 3.8) is 0 Å². The Morgan fingerprint density at radius 2 is 1.56 bits per heavy atom. The minimum Gasteiger partial charge on any atom is -0.104 e. The Hall–Kier alpha value is -2.73. The van der Waals surface area contributed by atoms with E-state index in [1.54, 1.807) is 0 Å². The molecule has 2 aliphatic heterocycles. The van der Waals surface area contributed by atoms with E-state index in [-0.39, 0.29) is 0 Å². The van der Waals surface area contributed by atoms with Gasteiger partial charge in [0, 0.05) is 0 Å². The Morgan fingerprint density at radius 3 is 2.19 bits per heavy atom. The van der Waals surface area contributed by atoms with Crippen LogP contribution in [0.15, 0.2) is 96.5 Å². The molecule has 1 aromatic rings. The molecule has 0 nitrogen and oxygen atoms in total. The quantitative estimate of drug-likeness (QED) is 0.563. The van der Waals surface area contributed by atoms with E-state index in [9.17, 15) is 0 Å². The lowest BCUT2D eigenvalue weighted by Gasteiger charge is -2.11. The number of hydrogen-bond acceptors (Lipinski definition) is 0. The summed E-state index contributed by atoms with van der Waals surface area (Å²) in [6.45, 7) is 22.5. The van der Waals surface area contributed by atoms with Gasteiger partial charge in [0.15, 0.2) is 14.6 Å². The van der Waals surface area contributed by atoms with Gasteiger partial charge in [0.25, 0.3) is 0 Å². The topological polar surface area (TPSA) is 0 Å². The third-order valence-corrected chi connectivity index (χ3v) is 5.64. The number of rotatable bonds is 4. The van der Waals surface area contributed by atoms with Crippen molar-refractivity contribution in [1.82, 2.24) is 0 Å². The van der Waals surface area contributed by atoms with Gasteiger partial charge in [-0.15, -0.1) is 6.58 Å². The molecule has 0 radical (unpaired) electrons. The van der Waals surface area contributed by atoms with E-state index in [4.69, 9.17) is 0 Å². The molecule has 0 saturated carbocycles. The van der Waals surface area contributed by atoms with Crippen LogP contribution in [0.4, 0.5) is 0 Å². The lowest BCUT2D eigenvalue weighted by molar-refractivity contribution is 1.42. The molecule has 0 spiro atoms. The highest BCUT2D eigenvalue weighted by molar-refractivity contribution is 6.80. The minimum absolute atomic E-state index is 0.923. The summed E-state index contributed by atoms with van der Waals surface area (Å²) < 4.78 is 0. The van der Waals surface area contributed by atoms with Crippen LogP contribution in [0.2, 0.25) is 0 Å². The largest absolute Gasteiger partial charge is 0.193 e. The van der Waals surface area contributed by atoms with Gasteiger partial charge in [-0.1, -0.05) is 95.3 Å². The van der Waals surface area contributed by atoms with Gasteiger partial charge in [-0.3, -0.25) is 0 Å². The SMILES string of the molecule is C=C/C=C1\C(=C)Bc2c1ccc1c2BC(=C(C)/C=C(\C)C=C)/C1=C(\C)C=C. The maximum atomic E-state index is 4.29. The molecule has 0 amide bonds. The van der Waals surface area contributed by atoms with Gasteiger partial charge >= 0.3 is 0 Å². The van der Waals surface area contributed by atoms with Crippen molar-refractivity contribution in [2.24, 2.45) is 0 Å². The molecule has 3 rings (SSSR count). The molecule has 0 aliphatic carbocycles. The van der Waals surface area contributed by atoms with Gasteiger partial charge in [-0.25, -0.2) is 0 Å². The molecular formula is C25H26B2. The summed E-state index contributed by atoms with van der Waals surface area (Å²) in [7, 11) is 1.88. The normalized spacial score (nSPS) is 20.5. The first-order chi connectivity index (χ1) is 12.9. The highest BCUT2D eigenvalue weighted by Gasteiger charge is 2.32. The maximum Gasteiger partial charge on any atom is 0.193 e. The zero-order valence-corrected chi connectivity index (χ0v) is 16.8. The van der Waals surface area contributed by atoms with E-state index >= 15 is 0 Å². The van der Waals surface area contributed by atoms with Gasteiger partial charge in [0.2, 0.25) is 0 Å². The van der Waals surface area contributed by atoms with Gasteiger partial charge in [-0.05, 0) is 48.6 Å². The van der Waals surface area contributed by atoms with E-state index in [2.05, 4.69) is 71.4 Å². The highest BCUT2D eigenvalue weighted by Crippen LogP contribution is 2.36. The molecule has 0 aromatic heterocycles. The highest BCUT2D eigenvalue weighted by atomic mass is 14.2. The summed E-state index contributed by atoms with van der Waals surface area (Å²) in [6.07, 6.45) is 10.0. The van der Waals surface area contributed by atoms with E-state index < -0.39 is 0 Å². The Kier molecular flexibility index (Phi) is 5.28. The Balaban J connectivity index is 2.27. The average Bonchev–Trinajstić information content (AvgIpc) is 3.19. The first-order valence-electron chi connectivity index (χ1n) is 9.43. The van der Waals surface area contributed by atoms with Gasteiger partial charge in [0.1, 0.15) is 0 Å². The summed E-state index contributed by atoms with van der Waals surface area (Å²) in [6, 6.07) is 4.53. The van der Waals surface area contributed by atoms with Crippen LogP contribution in [0.1, 0.15) is 31.9 Å². The van der Waals surface area contributed by atoms with Crippen molar-refractivity contribution in [2.45, 2.75) is 20.8 Å². The fourth-order valence-electron chi connectivity index (χ4n) is 4.21. The standard InChI is InChI=1S/C25H26B2/c1-8-11-19-18(7)26-24-20(19)12-13-21-22(16(5)10-3)23(27-25(21)24)17(6)14-15(4)9-2/h8-14,26-27H,1-3,7H2,4-6H3/b15-14+,19-11+,22-16+,23-17+. The lowest BCUT2D eigenvalue weighted by atomic mass is 9.57. The predicted molar refractivity (Wildman–Crippen MR) is 127 cm³/mol. The molecule has 132 valence electrons. The molecule has 27 heavy (non-hydrogen) atoms. The first-order valence-corrected chi connectivity index (χ1v) is 9.43. The van der Waals surface area contributed by atoms with Crippen LogP contribution in [0.5, 0.6) is 0 Å². The second-order valence-corrected chi connectivity index (χ2v) is 7.41. The smallest absolute Gasteiger partial charge is 0.104 e. The Morgan fingerprint density at radius 1 is 0.889 bits per heavy atom. The molecular weight excluding hydrogens is 322 g/mol. The average molecular weight is 348 g/mol. The van der Waals surface area contributed by atoms with Crippen LogP contribution in [0.3, 0.4) is 0 Å². The van der Waals surface area contributed by atoms with E-state index in [0.29, 0.717) is 0 Å². The molecule has 2 heterocycles. The molecule has 1 aromatic carbocycles. The molecule has 0 N–H and O–H groups in total. The second kappa shape index (κ2) is 7.48. The Bertz CT molecular complexity index is 1010. The molecule has 2 heteroatoms. The zero-order chi connectivity index (χ0) is 19.7. The van der Waals surface area contributed by atoms with Crippen LogP contribution >= 0.6 is 0 Å². The summed E-state index contributed by atoms with van der Waals surface area (Å²) >= 11 is 0. The van der Waals surface area contributed by atoms with Gasteiger partial charge < -0.3 is 0 Å². The third kappa shape index (κ3) is 3.21. The zero-order valence-electron chi connectivity index (χ0n) is 16.8. The van der Waals surface area contributed by atoms with Crippen molar-refractivity contribution in [3.05, 3.63) is 108 Å². The van der Waals surface area contributed by atoms with Gasteiger partial charge in [-0.2, -0.15) is 0 Å². The fraction of sp³-hybridized carbons (Fsp3) is 0.120. The summed E-state index contributed by atoms with van der Waals surface area (Å²) in [5.41, 5.74) is 14.4. The molecule has 2 aliphatic rings. The number of hydrogen-bond donors (Lipinski definition) is 0. The molecule has 0 atom stereocenters. The third-order valence-electron chi connectivity index (χ3n) is 5.64. The Labute approximate surface area is 165 Å². The molecule has 0 saturated heterocycles. The molecule has 0 fully saturated rings. The monoisotopic (exact) mass is 348 g/mol. The maximum absolute atomic E-state index is 4.29. The van der Waals surface area contributed by atoms with Crippen LogP contribution in [-0.2, 0) is 0 Å². The second-order valence-electron chi connectivity index (χ2n) is 7.41. The van der Waals surface area contributed by atoms with Gasteiger partial charge in [0.05, 0.1) is 0 Å². The minimum atomic E-state index is 0.923. The molecule has 0 bridgehead atoms. The van der Waals surface area contributed by atoms with Crippen molar-refractivity contribution in [1.29, 1.82) is 0 Å². The van der Waals surface area contributed by atoms with Crippen LogP contribution < -0.4 is 10.9 Å². The van der Waals surface area contributed by atoms with Crippen molar-refractivity contribution in [3.8, 4) is 0 Å². The number of benzene rings is 1. The first kappa shape index (κ1) is 19.0. The van der Waals surface area contributed by atoms with Crippen LogP contribution in [0.25, 0.3) is 11.1 Å². The van der Waals surface area contributed by atoms with E-state index in [1.165, 1.54) is 60.9 Å². The summed E-state index contributed by atoms with van der Waals surface area (Å²) in [5.74, 6) is 0. The fourth-order valence-corrected chi connectivity index (χ4v) is 4.21. The van der Waals surface area contributed by atoms with Crippen molar-refractivity contribution in [2.75, 3.05) is 0 Å². The van der Waals surface area contributed by atoms with E-state index in [0.717, 1.165) is 14.6 Å². The van der Waals surface area contributed by atoms with Crippen LogP contribution in [0, 0.1) is 0 Å². The predicted octanol–water partition coefficient (Wildman–Crippen LogP) is 4.29. The summed E-state index contributed by atoms with van der Waals surface area (Å²) in [4.78, 5) is 0. The van der Waals surface area contributed by atoms with Crippen molar-refractivity contribution < 1.29 is 0 Å².